The molecule has 232 valence electrons. The van der Waals surface area contributed by atoms with Crippen LogP contribution in [0.4, 0.5) is 0 Å². The highest BCUT2D eigenvalue weighted by molar-refractivity contribution is 5.91. The largest absolute Gasteiger partial charge is 0.491 e. The van der Waals surface area contributed by atoms with Crippen molar-refractivity contribution in [3.8, 4) is 34.5 Å². The smallest absolute Gasteiger partial charge is 0.343 e. The van der Waals surface area contributed by atoms with E-state index < -0.39 is 11.9 Å². The van der Waals surface area contributed by atoms with Crippen LogP contribution < -0.4 is 28.4 Å². The van der Waals surface area contributed by atoms with E-state index in [2.05, 4.69) is 0 Å². The predicted octanol–water partition coefficient (Wildman–Crippen LogP) is 5.53. The van der Waals surface area contributed by atoms with E-state index in [9.17, 15) is 9.59 Å². The SMILES string of the molecule is CC(COc1ccc(OC(=O)c2ccc(OCC3CO3)cc2)cc1)Oc1ccc(OC(=O)c2ccc(OCC3CO3)cc2)cc1. The first kappa shape index (κ1) is 30.0. The number of rotatable bonds is 15. The summed E-state index contributed by atoms with van der Waals surface area (Å²) in [7, 11) is 0. The van der Waals surface area contributed by atoms with E-state index in [4.69, 9.17) is 37.9 Å². The Labute approximate surface area is 260 Å². The average molecular weight is 613 g/mol. The molecule has 0 radical (unpaired) electrons. The number of hydrogen-bond donors (Lipinski definition) is 0. The second-order valence-electron chi connectivity index (χ2n) is 10.5. The van der Waals surface area contributed by atoms with Crippen LogP contribution in [0.1, 0.15) is 27.6 Å². The van der Waals surface area contributed by atoms with Gasteiger partial charge in [-0.25, -0.2) is 9.59 Å². The summed E-state index contributed by atoms with van der Waals surface area (Å²) in [6, 6.07) is 27.1. The Morgan fingerprint density at radius 2 is 0.933 bits per heavy atom. The van der Waals surface area contributed by atoms with Crippen molar-refractivity contribution in [2.45, 2.75) is 25.2 Å². The molecule has 2 fully saturated rings. The summed E-state index contributed by atoms with van der Waals surface area (Å²) in [5.41, 5.74) is 0.830. The van der Waals surface area contributed by atoms with Crippen molar-refractivity contribution in [2.75, 3.05) is 33.0 Å². The molecule has 4 aromatic carbocycles. The Morgan fingerprint density at radius 3 is 1.36 bits per heavy atom. The number of hydrogen-bond acceptors (Lipinski definition) is 10. The van der Waals surface area contributed by atoms with E-state index in [0.29, 0.717) is 58.8 Å². The molecule has 3 atom stereocenters. The normalized spacial score (nSPS) is 17.0. The van der Waals surface area contributed by atoms with E-state index in [1.165, 1.54) is 0 Å². The van der Waals surface area contributed by atoms with Crippen LogP contribution in [0.5, 0.6) is 34.5 Å². The van der Waals surface area contributed by atoms with Gasteiger partial charge in [0, 0.05) is 0 Å². The first-order valence-electron chi connectivity index (χ1n) is 14.6. The van der Waals surface area contributed by atoms with Crippen LogP contribution in [0, 0.1) is 0 Å². The number of carbonyl (C=O) groups is 2. The lowest BCUT2D eigenvalue weighted by molar-refractivity contribution is 0.0724. The lowest BCUT2D eigenvalue weighted by Gasteiger charge is -2.16. The maximum absolute atomic E-state index is 12.5. The van der Waals surface area contributed by atoms with Gasteiger partial charge in [-0.05, 0) is 104 Å². The van der Waals surface area contributed by atoms with Crippen molar-refractivity contribution in [2.24, 2.45) is 0 Å². The van der Waals surface area contributed by atoms with Crippen LogP contribution in [0.2, 0.25) is 0 Å². The van der Waals surface area contributed by atoms with Gasteiger partial charge in [-0.1, -0.05) is 0 Å². The summed E-state index contributed by atoms with van der Waals surface area (Å²) in [6.45, 7) is 4.61. The zero-order chi connectivity index (χ0) is 31.0. The molecule has 2 saturated heterocycles. The van der Waals surface area contributed by atoms with E-state index in [0.717, 1.165) is 13.2 Å². The van der Waals surface area contributed by atoms with Gasteiger partial charge in [-0.2, -0.15) is 0 Å². The summed E-state index contributed by atoms with van der Waals surface area (Å²) in [4.78, 5) is 25.0. The molecular formula is C35H32O10. The van der Waals surface area contributed by atoms with E-state index in [1.807, 2.05) is 6.92 Å². The number of esters is 2. The van der Waals surface area contributed by atoms with Crippen LogP contribution >= 0.6 is 0 Å². The maximum Gasteiger partial charge on any atom is 0.343 e. The van der Waals surface area contributed by atoms with Gasteiger partial charge in [0.25, 0.3) is 0 Å². The first-order valence-corrected chi connectivity index (χ1v) is 14.6. The lowest BCUT2D eigenvalue weighted by atomic mass is 10.2. The standard InChI is InChI=1S/C35H32O10/c1-23(43-29-14-16-31(17-15-29)45-35(37)25-4-8-27(9-5-25)40-20-33-22-42-33)18-38-28-10-12-30(13-11-28)44-34(36)24-2-6-26(7-3-24)39-19-32-21-41-32/h2-17,23,32-33H,18-22H2,1H3. The molecule has 0 spiro atoms. The molecule has 3 unspecified atom stereocenters. The topological polar surface area (TPSA) is 115 Å². The molecule has 0 saturated carbocycles. The number of ether oxygens (including phenoxy) is 8. The zero-order valence-corrected chi connectivity index (χ0v) is 24.6. The number of epoxide rings is 2. The van der Waals surface area contributed by atoms with Gasteiger partial charge >= 0.3 is 11.9 Å². The molecule has 6 rings (SSSR count). The van der Waals surface area contributed by atoms with Crippen LogP contribution in [0.3, 0.4) is 0 Å². The minimum atomic E-state index is -0.470. The first-order chi connectivity index (χ1) is 22.0. The predicted molar refractivity (Wildman–Crippen MR) is 162 cm³/mol. The van der Waals surface area contributed by atoms with Crippen molar-refractivity contribution in [3.05, 3.63) is 108 Å². The van der Waals surface area contributed by atoms with Crippen molar-refractivity contribution < 1.29 is 47.5 Å². The van der Waals surface area contributed by atoms with Crippen molar-refractivity contribution in [1.82, 2.24) is 0 Å². The minimum absolute atomic E-state index is 0.166. The second-order valence-corrected chi connectivity index (χ2v) is 10.5. The highest BCUT2D eigenvalue weighted by Crippen LogP contribution is 2.23. The van der Waals surface area contributed by atoms with Gasteiger partial charge in [0.2, 0.25) is 0 Å². The maximum atomic E-state index is 12.5. The molecule has 4 aromatic rings. The molecule has 2 aliphatic rings. The Kier molecular flexibility index (Phi) is 9.43. The molecule has 10 nitrogen and oxygen atoms in total. The second kappa shape index (κ2) is 14.1. The van der Waals surface area contributed by atoms with Crippen LogP contribution in [-0.2, 0) is 9.47 Å². The molecule has 2 heterocycles. The van der Waals surface area contributed by atoms with E-state index in [1.54, 1.807) is 97.1 Å². The van der Waals surface area contributed by atoms with Gasteiger partial charge < -0.3 is 37.9 Å². The van der Waals surface area contributed by atoms with Crippen LogP contribution in [0.15, 0.2) is 97.1 Å². The molecule has 0 bridgehead atoms. The molecule has 45 heavy (non-hydrogen) atoms. The van der Waals surface area contributed by atoms with E-state index >= 15 is 0 Å². The fourth-order valence-electron chi connectivity index (χ4n) is 4.08. The minimum Gasteiger partial charge on any atom is -0.491 e. The van der Waals surface area contributed by atoms with Gasteiger partial charge in [-0.3, -0.25) is 0 Å². The van der Waals surface area contributed by atoms with Gasteiger partial charge in [0.15, 0.2) is 0 Å². The number of carbonyl (C=O) groups excluding carboxylic acids is 2. The summed E-state index contributed by atoms with van der Waals surface area (Å²) in [6.07, 6.45) is 0.0608. The Morgan fingerprint density at radius 1 is 0.578 bits per heavy atom. The molecule has 0 aromatic heterocycles. The Bertz CT molecular complexity index is 1560. The van der Waals surface area contributed by atoms with Crippen molar-refractivity contribution >= 4 is 11.9 Å². The fourth-order valence-corrected chi connectivity index (χ4v) is 4.08. The molecule has 0 amide bonds. The third kappa shape index (κ3) is 9.21. The molecule has 0 aliphatic carbocycles. The summed E-state index contributed by atoms with van der Waals surface area (Å²) in [5, 5.41) is 0. The molecule has 2 aliphatic heterocycles. The van der Waals surface area contributed by atoms with Gasteiger partial charge in [0.05, 0.1) is 24.3 Å². The Hall–Kier alpha value is -5.06. The highest BCUT2D eigenvalue weighted by Gasteiger charge is 2.24. The number of benzene rings is 4. The average Bonchev–Trinajstić information content (AvgIpc) is 4.00. The van der Waals surface area contributed by atoms with Gasteiger partial charge in [0.1, 0.15) is 72.6 Å². The van der Waals surface area contributed by atoms with Crippen molar-refractivity contribution in [3.63, 3.8) is 0 Å². The van der Waals surface area contributed by atoms with Crippen LogP contribution in [0.25, 0.3) is 0 Å². The lowest BCUT2D eigenvalue weighted by Crippen LogP contribution is -2.21. The molecular weight excluding hydrogens is 580 g/mol. The Balaban J connectivity index is 0.906. The third-order valence-corrected chi connectivity index (χ3v) is 6.75. The zero-order valence-electron chi connectivity index (χ0n) is 24.6. The molecule has 0 N–H and O–H groups in total. The molecule has 10 heteroatoms. The van der Waals surface area contributed by atoms with Gasteiger partial charge in [-0.15, -0.1) is 0 Å². The highest BCUT2D eigenvalue weighted by atomic mass is 16.6. The summed E-state index contributed by atoms with van der Waals surface area (Å²) < 4.78 is 44.1. The quantitative estimate of drug-likeness (QED) is 0.0965. The third-order valence-electron chi connectivity index (χ3n) is 6.75. The summed E-state index contributed by atoms with van der Waals surface area (Å²) in [5.74, 6) is 2.40. The van der Waals surface area contributed by atoms with Crippen LogP contribution in [-0.4, -0.2) is 63.3 Å². The van der Waals surface area contributed by atoms with Crippen molar-refractivity contribution in [1.29, 1.82) is 0 Å². The van der Waals surface area contributed by atoms with E-state index in [-0.39, 0.29) is 24.9 Å². The fraction of sp³-hybridized carbons (Fsp3) is 0.257. The summed E-state index contributed by atoms with van der Waals surface area (Å²) >= 11 is 0. The monoisotopic (exact) mass is 612 g/mol.